The van der Waals surface area contributed by atoms with E-state index in [9.17, 15) is 9.59 Å². The predicted molar refractivity (Wildman–Crippen MR) is 134 cm³/mol. The van der Waals surface area contributed by atoms with E-state index in [1.54, 1.807) is 49.6 Å². The minimum Gasteiger partial charge on any atom is -0.496 e. The van der Waals surface area contributed by atoms with E-state index in [0.717, 1.165) is 5.56 Å². The number of anilines is 2. The van der Waals surface area contributed by atoms with E-state index < -0.39 is 0 Å². The summed E-state index contributed by atoms with van der Waals surface area (Å²) in [5.41, 5.74) is 2.17. The second kappa shape index (κ2) is 12.1. The predicted octanol–water partition coefficient (Wildman–Crippen LogP) is 5.40. The van der Waals surface area contributed by atoms with Crippen LogP contribution in [-0.2, 0) is 4.79 Å². The van der Waals surface area contributed by atoms with Crippen LogP contribution < -0.4 is 24.8 Å². The highest BCUT2D eigenvalue weighted by Gasteiger charge is 2.16. The SMILES string of the molecule is CCOc1cc(NC(=O)c2ccccc2)c(OCC)cc1NC(=O)C=Cc1ccccc1OC. The lowest BCUT2D eigenvalue weighted by Crippen LogP contribution is -2.14. The van der Waals surface area contributed by atoms with E-state index in [2.05, 4.69) is 10.6 Å². The normalized spacial score (nSPS) is 10.6. The van der Waals surface area contributed by atoms with E-state index in [1.165, 1.54) is 6.08 Å². The molecule has 0 aliphatic rings. The number of ether oxygens (including phenoxy) is 3. The van der Waals surface area contributed by atoms with Gasteiger partial charge in [0.1, 0.15) is 17.2 Å². The second-order valence-corrected chi connectivity index (χ2v) is 7.10. The van der Waals surface area contributed by atoms with Gasteiger partial charge in [0.2, 0.25) is 5.91 Å². The molecule has 34 heavy (non-hydrogen) atoms. The van der Waals surface area contributed by atoms with Crippen LogP contribution in [0.5, 0.6) is 17.2 Å². The van der Waals surface area contributed by atoms with E-state index in [0.29, 0.717) is 47.4 Å². The van der Waals surface area contributed by atoms with Crippen molar-refractivity contribution in [3.63, 3.8) is 0 Å². The highest BCUT2D eigenvalue weighted by atomic mass is 16.5. The first-order valence-corrected chi connectivity index (χ1v) is 11.0. The molecule has 0 atom stereocenters. The zero-order chi connectivity index (χ0) is 24.3. The van der Waals surface area contributed by atoms with Crippen molar-refractivity contribution in [1.82, 2.24) is 0 Å². The first-order chi connectivity index (χ1) is 16.5. The first-order valence-electron chi connectivity index (χ1n) is 11.0. The van der Waals surface area contributed by atoms with Crippen molar-refractivity contribution in [3.8, 4) is 17.2 Å². The van der Waals surface area contributed by atoms with Gasteiger partial charge in [-0.25, -0.2) is 0 Å². The third-order valence-electron chi connectivity index (χ3n) is 4.78. The van der Waals surface area contributed by atoms with Crippen molar-refractivity contribution in [1.29, 1.82) is 0 Å². The van der Waals surface area contributed by atoms with Gasteiger partial charge in [0, 0.05) is 29.3 Å². The fourth-order valence-corrected chi connectivity index (χ4v) is 3.23. The van der Waals surface area contributed by atoms with Crippen LogP contribution in [0.4, 0.5) is 11.4 Å². The standard InChI is InChI=1S/C27H28N2O5/c1-4-33-24-18-22(29-27(31)20-12-7-6-8-13-20)25(34-5-2)17-21(24)28-26(30)16-15-19-11-9-10-14-23(19)32-3/h6-18H,4-5H2,1-3H3,(H,28,30)(H,29,31). The lowest BCUT2D eigenvalue weighted by Gasteiger charge is -2.17. The Balaban J connectivity index is 1.86. The van der Waals surface area contributed by atoms with Crippen molar-refractivity contribution in [2.24, 2.45) is 0 Å². The number of carbonyl (C=O) groups excluding carboxylic acids is 2. The van der Waals surface area contributed by atoms with Gasteiger partial charge in [0.15, 0.2) is 0 Å². The zero-order valence-electron chi connectivity index (χ0n) is 19.5. The van der Waals surface area contributed by atoms with Gasteiger partial charge in [0.25, 0.3) is 5.91 Å². The Morgan fingerprint density at radius 1 is 0.794 bits per heavy atom. The Hall–Kier alpha value is -4.26. The van der Waals surface area contributed by atoms with Gasteiger partial charge in [-0.2, -0.15) is 0 Å². The summed E-state index contributed by atoms with van der Waals surface area (Å²) in [7, 11) is 1.58. The number of benzene rings is 3. The zero-order valence-corrected chi connectivity index (χ0v) is 19.5. The number of hydrogen-bond donors (Lipinski definition) is 2. The van der Waals surface area contributed by atoms with Crippen LogP contribution in [0.1, 0.15) is 29.8 Å². The van der Waals surface area contributed by atoms with Gasteiger partial charge in [-0.05, 0) is 38.1 Å². The van der Waals surface area contributed by atoms with Gasteiger partial charge in [-0.1, -0.05) is 36.4 Å². The summed E-state index contributed by atoms with van der Waals surface area (Å²) < 4.78 is 16.8. The number of amides is 2. The molecule has 0 saturated heterocycles. The fourth-order valence-electron chi connectivity index (χ4n) is 3.23. The van der Waals surface area contributed by atoms with Gasteiger partial charge in [-0.15, -0.1) is 0 Å². The summed E-state index contributed by atoms with van der Waals surface area (Å²) in [5.74, 6) is 0.863. The molecule has 176 valence electrons. The number of carbonyl (C=O) groups is 2. The number of hydrogen-bond acceptors (Lipinski definition) is 5. The van der Waals surface area contributed by atoms with Crippen LogP contribution in [0.25, 0.3) is 6.08 Å². The summed E-state index contributed by atoms with van der Waals surface area (Å²) in [6, 6.07) is 19.6. The smallest absolute Gasteiger partial charge is 0.255 e. The maximum absolute atomic E-state index is 12.7. The van der Waals surface area contributed by atoms with Crippen LogP contribution in [0.3, 0.4) is 0 Å². The van der Waals surface area contributed by atoms with Gasteiger partial charge < -0.3 is 24.8 Å². The highest BCUT2D eigenvalue weighted by Crippen LogP contribution is 2.37. The lowest BCUT2D eigenvalue weighted by molar-refractivity contribution is -0.111. The summed E-state index contributed by atoms with van der Waals surface area (Å²) in [5, 5.41) is 5.70. The van der Waals surface area contributed by atoms with Crippen LogP contribution in [0, 0.1) is 0 Å². The Bertz CT molecular complexity index is 1160. The monoisotopic (exact) mass is 460 g/mol. The summed E-state index contributed by atoms with van der Waals surface area (Å²) >= 11 is 0. The van der Waals surface area contributed by atoms with Crippen molar-refractivity contribution < 1.29 is 23.8 Å². The van der Waals surface area contributed by atoms with Crippen LogP contribution in [0.15, 0.2) is 72.8 Å². The molecule has 7 heteroatoms. The lowest BCUT2D eigenvalue weighted by atomic mass is 10.1. The maximum atomic E-state index is 12.7. The van der Waals surface area contributed by atoms with E-state index >= 15 is 0 Å². The van der Waals surface area contributed by atoms with Crippen LogP contribution in [-0.4, -0.2) is 32.1 Å². The molecular formula is C27H28N2O5. The average molecular weight is 461 g/mol. The number of nitrogens with one attached hydrogen (secondary N) is 2. The van der Waals surface area contributed by atoms with Crippen molar-refractivity contribution in [2.45, 2.75) is 13.8 Å². The summed E-state index contributed by atoms with van der Waals surface area (Å²) in [6.45, 7) is 4.43. The van der Waals surface area contributed by atoms with Crippen molar-refractivity contribution in [3.05, 3.63) is 83.9 Å². The molecule has 0 aromatic heterocycles. The molecule has 0 bridgehead atoms. The molecule has 3 aromatic carbocycles. The maximum Gasteiger partial charge on any atom is 0.255 e. The molecule has 2 amide bonds. The molecule has 0 fully saturated rings. The largest absolute Gasteiger partial charge is 0.496 e. The molecule has 0 aliphatic carbocycles. The quantitative estimate of drug-likeness (QED) is 0.396. The molecule has 3 aromatic rings. The average Bonchev–Trinajstić information content (AvgIpc) is 2.86. The second-order valence-electron chi connectivity index (χ2n) is 7.10. The topological polar surface area (TPSA) is 85.9 Å². The third-order valence-corrected chi connectivity index (χ3v) is 4.78. The van der Waals surface area contributed by atoms with Gasteiger partial charge in [0.05, 0.1) is 31.7 Å². The minimum atomic E-state index is -0.352. The van der Waals surface area contributed by atoms with Crippen molar-refractivity contribution in [2.75, 3.05) is 31.0 Å². The van der Waals surface area contributed by atoms with E-state index in [4.69, 9.17) is 14.2 Å². The molecule has 0 aliphatic heterocycles. The van der Waals surface area contributed by atoms with E-state index in [-0.39, 0.29) is 11.8 Å². The Morgan fingerprint density at radius 3 is 2.00 bits per heavy atom. The Labute approximate surface area is 199 Å². The molecule has 7 nitrogen and oxygen atoms in total. The minimum absolute atomic E-state index is 0.277. The fraction of sp³-hybridized carbons (Fsp3) is 0.185. The molecule has 3 rings (SSSR count). The van der Waals surface area contributed by atoms with Gasteiger partial charge >= 0.3 is 0 Å². The summed E-state index contributed by atoms with van der Waals surface area (Å²) in [4.78, 5) is 25.3. The molecule has 0 saturated carbocycles. The number of para-hydroxylation sites is 1. The first kappa shape index (κ1) is 24.4. The number of rotatable bonds is 10. The highest BCUT2D eigenvalue weighted by molar-refractivity contribution is 6.06. The summed E-state index contributed by atoms with van der Waals surface area (Å²) in [6.07, 6.45) is 3.09. The number of methoxy groups -OCH3 is 1. The Kier molecular flexibility index (Phi) is 8.68. The molecule has 0 unspecified atom stereocenters. The van der Waals surface area contributed by atoms with E-state index in [1.807, 2.05) is 44.2 Å². The molecule has 2 N–H and O–H groups in total. The van der Waals surface area contributed by atoms with Gasteiger partial charge in [-0.3, -0.25) is 9.59 Å². The van der Waals surface area contributed by atoms with Crippen LogP contribution >= 0.6 is 0 Å². The molecule has 0 radical (unpaired) electrons. The van der Waals surface area contributed by atoms with Crippen LogP contribution in [0.2, 0.25) is 0 Å². The molecule has 0 spiro atoms. The Morgan fingerprint density at radius 2 is 1.38 bits per heavy atom. The third kappa shape index (κ3) is 6.38. The molecule has 0 heterocycles. The molecular weight excluding hydrogens is 432 g/mol. The van der Waals surface area contributed by atoms with Crippen molar-refractivity contribution >= 4 is 29.3 Å².